The number of carbonyl (C=O) groups is 2. The molecule has 2 aromatic carbocycles. The van der Waals surface area contributed by atoms with E-state index in [1.807, 2.05) is 51.2 Å². The van der Waals surface area contributed by atoms with Crippen LogP contribution in [0.4, 0.5) is 11.4 Å². The van der Waals surface area contributed by atoms with Gasteiger partial charge in [0, 0.05) is 22.9 Å². The number of likely N-dealkylation sites (N-methyl/N-ethyl adjacent to an activating group) is 2. The van der Waals surface area contributed by atoms with Gasteiger partial charge in [-0.3, -0.25) is 9.59 Å². The zero-order chi connectivity index (χ0) is 19.1. The lowest BCUT2D eigenvalue weighted by Crippen LogP contribution is -3.15. The monoisotopic (exact) mass is 374 g/mol. The molecule has 26 heavy (non-hydrogen) atoms. The Hall–Kier alpha value is -2.37. The first-order valence-electron chi connectivity index (χ1n) is 8.66. The van der Waals surface area contributed by atoms with Crippen molar-refractivity contribution in [2.45, 2.75) is 19.9 Å². The van der Waals surface area contributed by atoms with E-state index < -0.39 is 0 Å². The molecule has 0 bridgehead atoms. The van der Waals surface area contributed by atoms with Crippen LogP contribution in [-0.2, 0) is 9.59 Å². The Labute approximate surface area is 159 Å². The number of para-hydroxylation sites is 1. The van der Waals surface area contributed by atoms with Gasteiger partial charge in [-0.1, -0.05) is 29.8 Å². The van der Waals surface area contributed by atoms with Crippen molar-refractivity contribution in [3.63, 3.8) is 0 Å². The number of benzene rings is 2. The predicted octanol–water partition coefficient (Wildman–Crippen LogP) is 2.23. The van der Waals surface area contributed by atoms with Crippen molar-refractivity contribution in [2.24, 2.45) is 0 Å². The highest BCUT2D eigenvalue weighted by Crippen LogP contribution is 2.14. The Morgan fingerprint density at radius 2 is 1.73 bits per heavy atom. The number of nitrogens with zero attached hydrogens (tertiary/aromatic N) is 1. The number of hydrogen-bond donors (Lipinski definition) is 2. The van der Waals surface area contributed by atoms with Gasteiger partial charge in [-0.2, -0.15) is 0 Å². The smallest absolute Gasteiger partial charge is 0.284 e. The molecule has 0 heterocycles. The summed E-state index contributed by atoms with van der Waals surface area (Å²) < 4.78 is 0. The van der Waals surface area contributed by atoms with Crippen molar-refractivity contribution in [1.82, 2.24) is 0 Å². The minimum Gasteiger partial charge on any atom is -0.321 e. The molecule has 0 spiro atoms. The number of anilines is 2. The fourth-order valence-electron chi connectivity index (χ4n) is 2.66. The summed E-state index contributed by atoms with van der Waals surface area (Å²) in [6.45, 7) is 4.57. The number of amides is 2. The Morgan fingerprint density at radius 1 is 1.12 bits per heavy atom. The van der Waals surface area contributed by atoms with E-state index in [1.54, 1.807) is 29.2 Å². The molecule has 1 unspecified atom stereocenters. The third-order valence-electron chi connectivity index (χ3n) is 4.33. The Bertz CT molecular complexity index is 734. The maximum absolute atomic E-state index is 12.9. The zero-order valence-corrected chi connectivity index (χ0v) is 16.1. The van der Waals surface area contributed by atoms with Gasteiger partial charge in [-0.25, -0.2) is 0 Å². The SMILES string of the molecule is CCN(C(=O)[C@@H](C)[NH+](C)CC(=O)Nc1ccc(Cl)cc1)c1ccccc1. The number of halogens is 1. The van der Waals surface area contributed by atoms with Crippen LogP contribution in [0.15, 0.2) is 54.6 Å². The Morgan fingerprint density at radius 3 is 2.31 bits per heavy atom. The number of nitrogens with one attached hydrogen (secondary N) is 2. The van der Waals surface area contributed by atoms with Crippen molar-refractivity contribution in [3.05, 3.63) is 59.6 Å². The van der Waals surface area contributed by atoms with Crippen LogP contribution in [0.5, 0.6) is 0 Å². The van der Waals surface area contributed by atoms with Crippen LogP contribution in [0.2, 0.25) is 5.02 Å². The maximum Gasteiger partial charge on any atom is 0.284 e. The van der Waals surface area contributed by atoms with Gasteiger partial charge in [0.15, 0.2) is 12.6 Å². The summed E-state index contributed by atoms with van der Waals surface area (Å²) in [5, 5.41) is 3.44. The van der Waals surface area contributed by atoms with Crippen molar-refractivity contribution >= 4 is 34.8 Å². The van der Waals surface area contributed by atoms with E-state index >= 15 is 0 Å². The number of hydrogen-bond acceptors (Lipinski definition) is 2. The van der Waals surface area contributed by atoms with Crippen LogP contribution in [-0.4, -0.2) is 38.0 Å². The standard InChI is InChI=1S/C20H24ClN3O2/c1-4-24(18-8-6-5-7-9-18)20(26)15(2)23(3)14-19(25)22-17-12-10-16(21)11-13-17/h5-13,15H,4,14H2,1-3H3,(H,22,25)/p+1/t15-/m1/s1. The molecule has 0 radical (unpaired) electrons. The fourth-order valence-corrected chi connectivity index (χ4v) is 2.79. The molecule has 138 valence electrons. The summed E-state index contributed by atoms with van der Waals surface area (Å²) >= 11 is 5.84. The molecule has 0 saturated carbocycles. The normalized spacial score (nSPS) is 12.9. The highest BCUT2D eigenvalue weighted by Gasteiger charge is 2.28. The van der Waals surface area contributed by atoms with E-state index in [0.717, 1.165) is 10.6 Å². The highest BCUT2D eigenvalue weighted by molar-refractivity contribution is 6.30. The predicted molar refractivity (Wildman–Crippen MR) is 106 cm³/mol. The first kappa shape index (κ1) is 19.9. The summed E-state index contributed by atoms with van der Waals surface area (Å²) in [5.74, 6) is -0.150. The van der Waals surface area contributed by atoms with Gasteiger partial charge < -0.3 is 15.1 Å². The molecule has 0 fully saturated rings. The molecular formula is C20H25ClN3O2+. The largest absolute Gasteiger partial charge is 0.321 e. The Kier molecular flexibility index (Phi) is 7.18. The molecule has 0 aliphatic heterocycles. The van der Waals surface area contributed by atoms with Crippen molar-refractivity contribution in [2.75, 3.05) is 30.4 Å². The van der Waals surface area contributed by atoms with Gasteiger partial charge in [0.25, 0.3) is 11.8 Å². The van der Waals surface area contributed by atoms with Crippen LogP contribution >= 0.6 is 11.6 Å². The van der Waals surface area contributed by atoms with E-state index in [1.165, 1.54) is 0 Å². The second-order valence-corrected chi connectivity index (χ2v) is 6.65. The quantitative estimate of drug-likeness (QED) is 0.781. The molecule has 0 aromatic heterocycles. The summed E-state index contributed by atoms with van der Waals surface area (Å²) in [7, 11) is 1.85. The molecule has 2 N–H and O–H groups in total. The van der Waals surface area contributed by atoms with Crippen LogP contribution < -0.4 is 15.1 Å². The van der Waals surface area contributed by atoms with Crippen LogP contribution in [0.25, 0.3) is 0 Å². The van der Waals surface area contributed by atoms with Crippen LogP contribution in [0.1, 0.15) is 13.8 Å². The molecule has 2 atom stereocenters. The van der Waals surface area contributed by atoms with Crippen molar-refractivity contribution in [1.29, 1.82) is 0 Å². The average molecular weight is 375 g/mol. The molecule has 5 nitrogen and oxygen atoms in total. The zero-order valence-electron chi connectivity index (χ0n) is 15.3. The van der Waals surface area contributed by atoms with Gasteiger partial charge in [-0.15, -0.1) is 0 Å². The molecular weight excluding hydrogens is 350 g/mol. The minimum atomic E-state index is -0.342. The van der Waals surface area contributed by atoms with E-state index in [0.29, 0.717) is 17.3 Å². The van der Waals surface area contributed by atoms with Gasteiger partial charge >= 0.3 is 0 Å². The van der Waals surface area contributed by atoms with Gasteiger partial charge in [0.2, 0.25) is 0 Å². The molecule has 0 saturated heterocycles. The molecule has 0 aliphatic carbocycles. The van der Waals surface area contributed by atoms with E-state index in [-0.39, 0.29) is 24.4 Å². The highest BCUT2D eigenvalue weighted by atomic mass is 35.5. The summed E-state index contributed by atoms with van der Waals surface area (Å²) in [6, 6.07) is 16.2. The third-order valence-corrected chi connectivity index (χ3v) is 4.58. The van der Waals surface area contributed by atoms with Gasteiger partial charge in [0.05, 0.1) is 7.05 Å². The topological polar surface area (TPSA) is 53.9 Å². The molecule has 2 aromatic rings. The second kappa shape index (κ2) is 9.36. The van der Waals surface area contributed by atoms with Crippen molar-refractivity contribution in [3.8, 4) is 0 Å². The molecule has 6 heteroatoms. The Balaban J connectivity index is 1.96. The second-order valence-electron chi connectivity index (χ2n) is 6.22. The third kappa shape index (κ3) is 5.31. The van der Waals surface area contributed by atoms with E-state index in [4.69, 9.17) is 11.6 Å². The lowest BCUT2D eigenvalue weighted by molar-refractivity contribution is -0.885. The number of carbonyl (C=O) groups excluding carboxylic acids is 2. The molecule has 2 amide bonds. The maximum atomic E-state index is 12.9. The summed E-state index contributed by atoms with van der Waals surface area (Å²) in [4.78, 5) is 27.7. The van der Waals surface area contributed by atoms with E-state index in [9.17, 15) is 9.59 Å². The van der Waals surface area contributed by atoms with Crippen LogP contribution in [0, 0.1) is 0 Å². The lowest BCUT2D eigenvalue weighted by atomic mass is 10.2. The number of quaternary nitrogens is 1. The lowest BCUT2D eigenvalue weighted by Gasteiger charge is -2.27. The van der Waals surface area contributed by atoms with Crippen LogP contribution in [0.3, 0.4) is 0 Å². The van der Waals surface area contributed by atoms with E-state index in [2.05, 4.69) is 5.32 Å². The van der Waals surface area contributed by atoms with Gasteiger partial charge in [0.1, 0.15) is 0 Å². The average Bonchev–Trinajstić information content (AvgIpc) is 2.64. The number of rotatable bonds is 7. The summed E-state index contributed by atoms with van der Waals surface area (Å²) in [5.41, 5.74) is 1.55. The van der Waals surface area contributed by atoms with Crippen molar-refractivity contribution < 1.29 is 14.5 Å². The molecule has 2 rings (SSSR count). The molecule has 0 aliphatic rings. The summed E-state index contributed by atoms with van der Waals surface area (Å²) in [6.07, 6.45) is 0. The minimum absolute atomic E-state index is 0.00417. The van der Waals surface area contributed by atoms with Gasteiger partial charge in [-0.05, 0) is 50.2 Å². The first-order chi connectivity index (χ1) is 12.4. The fraction of sp³-hybridized carbons (Fsp3) is 0.300. The first-order valence-corrected chi connectivity index (χ1v) is 9.04.